The summed E-state index contributed by atoms with van der Waals surface area (Å²) in [6.07, 6.45) is 1.39. The zero-order valence-electron chi connectivity index (χ0n) is 16.9. The molecule has 29 heavy (non-hydrogen) atoms. The van der Waals surface area contributed by atoms with Gasteiger partial charge in [0, 0.05) is 30.9 Å². The van der Waals surface area contributed by atoms with Crippen molar-refractivity contribution in [2.45, 2.75) is 61.8 Å². The Hall–Kier alpha value is -1.60. The molecule has 12 heteroatoms. The van der Waals surface area contributed by atoms with Gasteiger partial charge in [-0.15, -0.1) is 0 Å². The highest BCUT2D eigenvalue weighted by atomic mass is 32.2. The number of amides is 1. The molecule has 2 saturated heterocycles. The second kappa shape index (κ2) is 7.58. The predicted octanol–water partition coefficient (Wildman–Crippen LogP) is -1.50. The predicted molar refractivity (Wildman–Crippen MR) is 103 cm³/mol. The normalized spacial score (nSPS) is 24.7. The maximum Gasteiger partial charge on any atom is 0.498 e. The van der Waals surface area contributed by atoms with Gasteiger partial charge in [0.15, 0.2) is 6.10 Å². The van der Waals surface area contributed by atoms with E-state index in [9.17, 15) is 18.3 Å². The highest BCUT2D eigenvalue weighted by Gasteiger charge is 2.52. The number of hydrogen-bond acceptors (Lipinski definition) is 9. The molecule has 2 unspecified atom stereocenters. The number of sulfone groups is 1. The molecule has 0 radical (unpaired) electrons. The van der Waals surface area contributed by atoms with Crippen molar-refractivity contribution in [3.8, 4) is 0 Å². The van der Waals surface area contributed by atoms with Crippen LogP contribution in [0.4, 0.5) is 0 Å². The van der Waals surface area contributed by atoms with Crippen LogP contribution >= 0.6 is 0 Å². The van der Waals surface area contributed by atoms with E-state index in [1.807, 2.05) is 27.7 Å². The van der Waals surface area contributed by atoms with Gasteiger partial charge in [0.1, 0.15) is 0 Å². The molecular weight excluding hydrogens is 401 g/mol. The first-order valence-corrected chi connectivity index (χ1v) is 10.9. The summed E-state index contributed by atoms with van der Waals surface area (Å²) in [4.78, 5) is 21.2. The highest BCUT2D eigenvalue weighted by molar-refractivity contribution is 7.91. The van der Waals surface area contributed by atoms with Gasteiger partial charge < -0.3 is 24.4 Å². The van der Waals surface area contributed by atoms with Crippen LogP contribution in [0.1, 0.15) is 34.1 Å². The van der Waals surface area contributed by atoms with Crippen LogP contribution in [0, 0.1) is 0 Å². The van der Waals surface area contributed by atoms with Gasteiger partial charge in [0.2, 0.25) is 15.0 Å². The van der Waals surface area contributed by atoms with Crippen LogP contribution in [0.2, 0.25) is 0 Å². The smallest absolute Gasteiger partial charge is 0.399 e. The van der Waals surface area contributed by atoms with Gasteiger partial charge in [-0.2, -0.15) is 0 Å². The lowest BCUT2D eigenvalue weighted by molar-refractivity contribution is -0.140. The average molecular weight is 427 g/mol. The third-order valence-corrected chi connectivity index (χ3v) is 7.76. The minimum Gasteiger partial charge on any atom is -0.399 e. The molecule has 0 aliphatic carbocycles. The van der Waals surface area contributed by atoms with Crippen molar-refractivity contribution in [2.75, 3.05) is 19.7 Å². The first kappa shape index (κ1) is 22.1. The minimum absolute atomic E-state index is 0.0828. The molecular formula is C17H26BN3O7S. The topological polar surface area (TPSA) is 139 Å². The van der Waals surface area contributed by atoms with Gasteiger partial charge >= 0.3 is 7.12 Å². The fraction of sp³-hybridized carbons (Fsp3) is 0.706. The Morgan fingerprint density at radius 1 is 1.28 bits per heavy atom. The Labute approximate surface area is 170 Å². The Morgan fingerprint density at radius 2 is 1.83 bits per heavy atom. The second-order valence-corrected chi connectivity index (χ2v) is 10.4. The number of aliphatic hydroxyl groups excluding tert-OH is 2. The Bertz CT molecular complexity index is 860. The molecule has 3 heterocycles. The first-order chi connectivity index (χ1) is 13.4. The van der Waals surface area contributed by atoms with E-state index in [2.05, 4.69) is 9.97 Å². The lowest BCUT2D eigenvalue weighted by Crippen LogP contribution is -2.41. The summed E-state index contributed by atoms with van der Waals surface area (Å²) in [5, 5.41) is 17.1. The van der Waals surface area contributed by atoms with E-state index >= 15 is 0 Å². The fourth-order valence-corrected chi connectivity index (χ4v) is 4.68. The summed E-state index contributed by atoms with van der Waals surface area (Å²) in [5.41, 5.74) is -0.570. The van der Waals surface area contributed by atoms with Crippen LogP contribution in [0.3, 0.4) is 0 Å². The van der Waals surface area contributed by atoms with E-state index in [0.29, 0.717) is 5.46 Å². The largest absolute Gasteiger partial charge is 0.498 e. The molecule has 1 amide bonds. The average Bonchev–Trinajstić information content (AvgIpc) is 3.24. The van der Waals surface area contributed by atoms with E-state index in [1.165, 1.54) is 17.3 Å². The summed E-state index contributed by atoms with van der Waals surface area (Å²) in [6, 6.07) is 0. The Kier molecular flexibility index (Phi) is 5.78. The minimum atomic E-state index is -3.87. The molecule has 2 fully saturated rings. The van der Waals surface area contributed by atoms with Crippen molar-refractivity contribution in [1.29, 1.82) is 0 Å². The third-order valence-electron chi connectivity index (χ3n) is 5.78. The summed E-state index contributed by atoms with van der Waals surface area (Å²) >= 11 is 0. The number of aromatic nitrogens is 2. The molecule has 1 aromatic heterocycles. The van der Waals surface area contributed by atoms with Crippen LogP contribution in [-0.2, 0) is 23.9 Å². The van der Waals surface area contributed by atoms with Crippen molar-refractivity contribution in [3.05, 3.63) is 12.4 Å². The number of carbonyl (C=O) groups is 1. The van der Waals surface area contributed by atoms with E-state index in [0.717, 1.165) is 0 Å². The van der Waals surface area contributed by atoms with Crippen LogP contribution in [0.5, 0.6) is 0 Å². The molecule has 0 spiro atoms. The molecule has 2 atom stereocenters. The molecule has 0 aromatic carbocycles. The number of nitrogens with zero attached hydrogens (tertiary/aromatic N) is 3. The lowest BCUT2D eigenvalue weighted by Gasteiger charge is -2.32. The molecule has 0 saturated carbocycles. The zero-order chi connectivity index (χ0) is 21.6. The quantitative estimate of drug-likeness (QED) is 0.425. The number of rotatable bonds is 5. The maximum absolute atomic E-state index is 12.8. The van der Waals surface area contributed by atoms with Gasteiger partial charge in [-0.05, 0) is 34.1 Å². The maximum atomic E-state index is 12.8. The molecule has 160 valence electrons. The number of likely N-dealkylation sites (tertiary alicyclic amines) is 1. The zero-order valence-corrected chi connectivity index (χ0v) is 17.7. The molecule has 2 N–H and O–H groups in total. The Balaban J connectivity index is 1.72. The monoisotopic (exact) mass is 427 g/mol. The van der Waals surface area contributed by atoms with Crippen molar-refractivity contribution in [2.24, 2.45) is 0 Å². The number of aliphatic hydroxyl groups is 2. The molecule has 0 bridgehead atoms. The first-order valence-electron chi connectivity index (χ1n) is 9.38. The van der Waals surface area contributed by atoms with Gasteiger partial charge in [0.25, 0.3) is 5.91 Å². The SMILES string of the molecule is CC1(C)OB(c2cnc(S(=O)(=O)C3CCN(C(=O)C(O)CO)C3)nc2)OC1(C)C. The van der Waals surface area contributed by atoms with Crippen molar-refractivity contribution >= 4 is 28.3 Å². The summed E-state index contributed by atoms with van der Waals surface area (Å²) in [6.45, 7) is 7.02. The van der Waals surface area contributed by atoms with Crippen LogP contribution in [-0.4, -0.2) is 88.8 Å². The number of hydrogen-bond donors (Lipinski definition) is 2. The van der Waals surface area contributed by atoms with Gasteiger partial charge in [-0.1, -0.05) is 0 Å². The van der Waals surface area contributed by atoms with Crippen molar-refractivity contribution in [1.82, 2.24) is 14.9 Å². The van der Waals surface area contributed by atoms with E-state index in [1.54, 1.807) is 0 Å². The molecule has 2 aliphatic rings. The van der Waals surface area contributed by atoms with Crippen LogP contribution in [0.25, 0.3) is 0 Å². The Morgan fingerprint density at radius 3 is 2.34 bits per heavy atom. The summed E-state index contributed by atoms with van der Waals surface area (Å²) < 4.78 is 37.5. The van der Waals surface area contributed by atoms with E-state index in [-0.39, 0.29) is 24.7 Å². The second-order valence-electron chi connectivity index (χ2n) is 8.33. The highest BCUT2D eigenvalue weighted by Crippen LogP contribution is 2.36. The van der Waals surface area contributed by atoms with Gasteiger partial charge in [0.05, 0.1) is 23.1 Å². The van der Waals surface area contributed by atoms with E-state index < -0.39 is 52.0 Å². The van der Waals surface area contributed by atoms with Crippen molar-refractivity contribution < 1.29 is 32.7 Å². The van der Waals surface area contributed by atoms with E-state index in [4.69, 9.17) is 14.4 Å². The summed E-state index contributed by atoms with van der Waals surface area (Å²) in [7, 11) is -4.56. The van der Waals surface area contributed by atoms with Crippen molar-refractivity contribution in [3.63, 3.8) is 0 Å². The van der Waals surface area contributed by atoms with Crippen LogP contribution < -0.4 is 5.46 Å². The number of carbonyl (C=O) groups excluding carboxylic acids is 1. The lowest BCUT2D eigenvalue weighted by atomic mass is 9.81. The standard InChI is InChI=1S/C17H26BN3O7S/c1-16(2)17(3,4)28-18(27-16)11-7-19-15(20-8-11)29(25,26)12-5-6-21(9-12)14(24)13(23)10-22/h7-8,12-13,22-23H,5-6,9-10H2,1-4H3. The molecule has 2 aliphatic heterocycles. The molecule has 3 rings (SSSR count). The van der Waals surface area contributed by atoms with Crippen LogP contribution in [0.15, 0.2) is 17.6 Å². The fourth-order valence-electron chi connectivity index (χ4n) is 3.19. The van der Waals surface area contributed by atoms with Gasteiger partial charge in [-0.3, -0.25) is 4.79 Å². The molecule has 1 aromatic rings. The summed E-state index contributed by atoms with van der Waals surface area (Å²) in [5.74, 6) is -0.692. The molecule has 10 nitrogen and oxygen atoms in total. The third kappa shape index (κ3) is 4.04. The van der Waals surface area contributed by atoms with Gasteiger partial charge in [-0.25, -0.2) is 18.4 Å².